The van der Waals surface area contributed by atoms with E-state index in [0.717, 1.165) is 72.9 Å². The Morgan fingerprint density at radius 3 is 2.61 bits per heavy atom. The molecule has 1 N–H and O–H groups in total. The minimum absolute atomic E-state index is 0.0813. The number of nitrogens with zero attached hydrogens (tertiary/aromatic N) is 6. The van der Waals surface area contributed by atoms with Crippen molar-refractivity contribution in [2.24, 2.45) is 0 Å². The van der Waals surface area contributed by atoms with Crippen molar-refractivity contribution in [3.63, 3.8) is 0 Å². The molecule has 3 heterocycles. The zero-order chi connectivity index (χ0) is 26.1. The summed E-state index contributed by atoms with van der Waals surface area (Å²) in [5.74, 6) is 0.768. The summed E-state index contributed by atoms with van der Waals surface area (Å²) in [6.07, 6.45) is 6.71. The molecule has 1 saturated carbocycles. The van der Waals surface area contributed by atoms with Gasteiger partial charge in [-0.05, 0) is 77.0 Å². The van der Waals surface area contributed by atoms with Crippen molar-refractivity contribution in [3.05, 3.63) is 80.9 Å². The van der Waals surface area contributed by atoms with Crippen LogP contribution in [-0.2, 0) is 6.42 Å². The molecule has 1 atom stereocenters. The topological polar surface area (TPSA) is 82.9 Å². The van der Waals surface area contributed by atoms with E-state index in [-0.39, 0.29) is 17.6 Å². The highest BCUT2D eigenvalue weighted by atomic mass is 35.5. The van der Waals surface area contributed by atoms with Gasteiger partial charge < -0.3 is 9.88 Å². The Kier molecular flexibility index (Phi) is 7.17. The third-order valence-corrected chi connectivity index (χ3v) is 8.41. The number of tetrazole rings is 1. The molecular formula is C29H34ClN7O. The van der Waals surface area contributed by atoms with Gasteiger partial charge in [-0.15, -0.1) is 5.10 Å². The molecule has 0 bridgehead atoms. The average Bonchev–Trinajstić information content (AvgIpc) is 3.43. The molecule has 198 valence electrons. The first-order valence-corrected chi connectivity index (χ1v) is 14.2. The van der Waals surface area contributed by atoms with Crippen molar-refractivity contribution >= 4 is 28.2 Å². The van der Waals surface area contributed by atoms with Gasteiger partial charge in [-0.2, -0.15) is 0 Å². The highest BCUT2D eigenvalue weighted by Crippen LogP contribution is 2.34. The number of aromatic nitrogens is 5. The van der Waals surface area contributed by atoms with Gasteiger partial charge >= 0.3 is 0 Å². The van der Waals surface area contributed by atoms with Crippen LogP contribution in [-0.4, -0.2) is 56.3 Å². The van der Waals surface area contributed by atoms with Gasteiger partial charge in [0, 0.05) is 48.0 Å². The Balaban J connectivity index is 1.39. The molecule has 2 fully saturated rings. The summed E-state index contributed by atoms with van der Waals surface area (Å²) in [7, 11) is 0. The highest BCUT2D eigenvalue weighted by Gasteiger charge is 2.34. The third-order valence-electron chi connectivity index (χ3n) is 8.18. The third kappa shape index (κ3) is 4.95. The average molecular weight is 532 g/mol. The summed E-state index contributed by atoms with van der Waals surface area (Å²) in [5, 5.41) is 14.9. The Morgan fingerprint density at radius 2 is 1.84 bits per heavy atom. The maximum atomic E-state index is 13.6. The summed E-state index contributed by atoms with van der Waals surface area (Å²) in [6, 6.07) is 16.3. The standard InChI is InChI=1S/C29H34ClN7O/c1-2-20-11-12-26-21(17-20)18-25(29(38)31-26)27(28-32-33-34-37(28)23-8-4-3-5-9-23)36-15-13-35(14-16-36)24-10-6-7-22(30)19-24/h6-7,10-12,17-19,23,27H,2-5,8-9,13-16H2,1H3,(H,31,38)/t27-/m1/s1. The molecule has 4 aromatic rings. The first-order chi connectivity index (χ1) is 18.6. The van der Waals surface area contributed by atoms with Crippen LogP contribution in [0.3, 0.4) is 0 Å². The summed E-state index contributed by atoms with van der Waals surface area (Å²) < 4.78 is 2.01. The number of fused-ring (bicyclic) bond motifs is 1. The number of benzene rings is 2. The summed E-state index contributed by atoms with van der Waals surface area (Å²) in [6.45, 7) is 5.36. The molecule has 9 heteroatoms. The number of rotatable bonds is 6. The second-order valence-corrected chi connectivity index (χ2v) is 10.9. The van der Waals surface area contributed by atoms with E-state index in [9.17, 15) is 4.79 Å². The number of halogens is 1. The van der Waals surface area contributed by atoms with Crippen LogP contribution in [0.25, 0.3) is 10.9 Å². The van der Waals surface area contributed by atoms with Crippen LogP contribution in [0.1, 0.15) is 68.1 Å². The lowest BCUT2D eigenvalue weighted by Gasteiger charge is -2.40. The number of hydrogen-bond donors (Lipinski definition) is 1. The molecule has 6 rings (SSSR count). The van der Waals surface area contributed by atoms with Crippen molar-refractivity contribution in [2.45, 2.75) is 57.5 Å². The molecule has 1 aliphatic carbocycles. The number of H-pyrrole nitrogens is 1. The lowest BCUT2D eigenvalue weighted by molar-refractivity contribution is 0.192. The molecular weight excluding hydrogens is 498 g/mol. The van der Waals surface area contributed by atoms with Crippen molar-refractivity contribution < 1.29 is 0 Å². The normalized spacial score (nSPS) is 18.2. The number of aryl methyl sites for hydroxylation is 1. The number of aromatic amines is 1. The second-order valence-electron chi connectivity index (χ2n) is 10.5. The van der Waals surface area contributed by atoms with Crippen LogP contribution in [0.4, 0.5) is 5.69 Å². The van der Waals surface area contributed by atoms with E-state index >= 15 is 0 Å². The Labute approximate surface area is 227 Å². The monoisotopic (exact) mass is 531 g/mol. The first-order valence-electron chi connectivity index (χ1n) is 13.8. The van der Waals surface area contributed by atoms with Gasteiger partial charge in [-0.3, -0.25) is 9.69 Å². The maximum absolute atomic E-state index is 13.6. The Morgan fingerprint density at radius 1 is 1.03 bits per heavy atom. The number of nitrogens with one attached hydrogen (secondary N) is 1. The van der Waals surface area contributed by atoms with E-state index in [1.807, 2.05) is 28.9 Å². The van der Waals surface area contributed by atoms with Crippen LogP contribution in [0, 0.1) is 0 Å². The molecule has 2 aromatic heterocycles. The van der Waals surface area contributed by atoms with Crippen LogP contribution >= 0.6 is 11.6 Å². The zero-order valence-corrected chi connectivity index (χ0v) is 22.6. The van der Waals surface area contributed by atoms with Crippen LogP contribution in [0.5, 0.6) is 0 Å². The lowest BCUT2D eigenvalue weighted by Crippen LogP contribution is -2.49. The number of pyridine rings is 1. The quantitative estimate of drug-likeness (QED) is 0.370. The van der Waals surface area contributed by atoms with Crippen molar-refractivity contribution in [1.29, 1.82) is 0 Å². The molecule has 8 nitrogen and oxygen atoms in total. The number of anilines is 1. The summed E-state index contributed by atoms with van der Waals surface area (Å²) in [4.78, 5) is 21.5. The molecule has 0 amide bonds. The molecule has 0 unspecified atom stereocenters. The highest BCUT2D eigenvalue weighted by molar-refractivity contribution is 6.30. The summed E-state index contributed by atoms with van der Waals surface area (Å²) in [5.41, 5.74) is 3.84. The predicted molar refractivity (Wildman–Crippen MR) is 151 cm³/mol. The van der Waals surface area contributed by atoms with Gasteiger partial charge in [0.1, 0.15) is 6.04 Å². The predicted octanol–water partition coefficient (Wildman–Crippen LogP) is 5.15. The molecule has 2 aliphatic rings. The molecule has 2 aromatic carbocycles. The van der Waals surface area contributed by atoms with Crippen LogP contribution < -0.4 is 10.5 Å². The van der Waals surface area contributed by atoms with Crippen molar-refractivity contribution in [2.75, 3.05) is 31.1 Å². The summed E-state index contributed by atoms with van der Waals surface area (Å²) >= 11 is 6.27. The van der Waals surface area contributed by atoms with Gasteiger partial charge in [-0.1, -0.05) is 49.9 Å². The van der Waals surface area contributed by atoms with Crippen LogP contribution in [0.2, 0.25) is 5.02 Å². The molecule has 1 saturated heterocycles. The van der Waals surface area contributed by atoms with Gasteiger partial charge in [0.05, 0.1) is 6.04 Å². The fourth-order valence-corrected chi connectivity index (χ4v) is 6.26. The zero-order valence-electron chi connectivity index (χ0n) is 21.8. The minimum atomic E-state index is -0.327. The smallest absolute Gasteiger partial charge is 0.253 e. The molecule has 0 radical (unpaired) electrons. The molecule has 0 spiro atoms. The number of piperazine rings is 1. The van der Waals surface area contributed by atoms with E-state index in [0.29, 0.717) is 5.56 Å². The van der Waals surface area contributed by atoms with E-state index in [4.69, 9.17) is 11.6 Å². The van der Waals surface area contributed by atoms with Gasteiger partial charge in [0.2, 0.25) is 0 Å². The lowest BCUT2D eigenvalue weighted by atomic mass is 9.95. The van der Waals surface area contributed by atoms with Crippen molar-refractivity contribution in [1.82, 2.24) is 30.1 Å². The Hall–Kier alpha value is -3.23. The van der Waals surface area contributed by atoms with Gasteiger partial charge in [0.15, 0.2) is 5.82 Å². The van der Waals surface area contributed by atoms with E-state index in [1.54, 1.807) is 0 Å². The second kappa shape index (κ2) is 10.9. The SMILES string of the molecule is CCc1ccc2[nH]c(=O)c([C@H](c3nnnn3C3CCCCC3)N3CCN(c4cccc(Cl)c4)CC3)cc2c1. The molecule has 38 heavy (non-hydrogen) atoms. The fourth-order valence-electron chi connectivity index (χ4n) is 6.07. The van der Waals surface area contributed by atoms with Crippen LogP contribution in [0.15, 0.2) is 53.3 Å². The fraction of sp³-hybridized carbons (Fsp3) is 0.448. The first kappa shape index (κ1) is 25.1. The minimum Gasteiger partial charge on any atom is -0.369 e. The van der Waals surface area contributed by atoms with E-state index in [1.165, 1.54) is 24.8 Å². The Bertz CT molecular complexity index is 1470. The largest absolute Gasteiger partial charge is 0.369 e. The van der Waals surface area contributed by atoms with Gasteiger partial charge in [0.25, 0.3) is 5.56 Å². The van der Waals surface area contributed by atoms with E-state index < -0.39 is 0 Å². The van der Waals surface area contributed by atoms with Gasteiger partial charge in [-0.25, -0.2) is 4.68 Å². The molecule has 1 aliphatic heterocycles. The van der Waals surface area contributed by atoms with Crippen molar-refractivity contribution in [3.8, 4) is 0 Å². The number of hydrogen-bond acceptors (Lipinski definition) is 6. The van der Waals surface area contributed by atoms with E-state index in [2.05, 4.69) is 61.5 Å². The maximum Gasteiger partial charge on any atom is 0.253 e.